The number of fused-ring (bicyclic) bond motifs is 1. The van der Waals surface area contributed by atoms with E-state index in [9.17, 15) is 0 Å². The highest BCUT2D eigenvalue weighted by atomic mass is 79.9. The Bertz CT molecular complexity index is 488. The standard InChI is InChI=1S/C18H24Br2O/c1-21-17-9-8-15(19)11-16(17)18(20)14-7-6-12-4-2-3-5-13(12)10-14/h8-9,11-14,18H,2-7,10H2,1H3. The first-order chi connectivity index (χ1) is 10.2. The Morgan fingerprint density at radius 1 is 1.10 bits per heavy atom. The van der Waals surface area contributed by atoms with Crippen LogP contribution in [-0.2, 0) is 0 Å². The predicted molar refractivity (Wildman–Crippen MR) is 95.2 cm³/mol. The average molecular weight is 416 g/mol. The van der Waals surface area contributed by atoms with Crippen molar-refractivity contribution in [1.29, 1.82) is 0 Å². The zero-order chi connectivity index (χ0) is 14.8. The van der Waals surface area contributed by atoms with E-state index < -0.39 is 0 Å². The van der Waals surface area contributed by atoms with Gasteiger partial charge < -0.3 is 4.74 Å². The van der Waals surface area contributed by atoms with Gasteiger partial charge in [0, 0.05) is 14.9 Å². The maximum atomic E-state index is 5.57. The first-order valence-electron chi connectivity index (χ1n) is 8.16. The Hall–Kier alpha value is -0.0200. The lowest BCUT2D eigenvalue weighted by Gasteiger charge is -2.41. The van der Waals surface area contributed by atoms with Crippen LogP contribution in [-0.4, -0.2) is 7.11 Å². The Kier molecular flexibility index (Phi) is 5.32. The Balaban J connectivity index is 1.76. The average Bonchev–Trinajstić information content (AvgIpc) is 2.53. The third-order valence-corrected chi connectivity index (χ3v) is 7.22. The minimum atomic E-state index is 0.410. The summed E-state index contributed by atoms with van der Waals surface area (Å²) in [5.41, 5.74) is 1.30. The second-order valence-corrected chi connectivity index (χ2v) is 8.57. The molecule has 1 nitrogen and oxygen atoms in total. The molecule has 0 amide bonds. The van der Waals surface area contributed by atoms with Crippen LogP contribution in [0.25, 0.3) is 0 Å². The summed E-state index contributed by atoms with van der Waals surface area (Å²) in [7, 11) is 1.77. The zero-order valence-corrected chi connectivity index (χ0v) is 15.8. The number of ether oxygens (including phenoxy) is 1. The summed E-state index contributed by atoms with van der Waals surface area (Å²) in [6.45, 7) is 0. The van der Waals surface area contributed by atoms with Gasteiger partial charge in [-0.15, -0.1) is 0 Å². The van der Waals surface area contributed by atoms with Gasteiger partial charge in [0.15, 0.2) is 0 Å². The maximum Gasteiger partial charge on any atom is 0.123 e. The highest BCUT2D eigenvalue weighted by Crippen LogP contribution is 2.50. The molecule has 2 fully saturated rings. The van der Waals surface area contributed by atoms with E-state index in [1.165, 1.54) is 50.5 Å². The van der Waals surface area contributed by atoms with Crippen LogP contribution < -0.4 is 4.74 Å². The molecule has 4 unspecified atom stereocenters. The Morgan fingerprint density at radius 2 is 1.86 bits per heavy atom. The van der Waals surface area contributed by atoms with Gasteiger partial charge in [-0.3, -0.25) is 0 Å². The summed E-state index contributed by atoms with van der Waals surface area (Å²) in [5.74, 6) is 3.73. The van der Waals surface area contributed by atoms with Gasteiger partial charge in [-0.2, -0.15) is 0 Å². The molecule has 2 aliphatic carbocycles. The van der Waals surface area contributed by atoms with Crippen LogP contribution in [0.1, 0.15) is 55.3 Å². The molecule has 2 aliphatic rings. The van der Waals surface area contributed by atoms with Crippen LogP contribution in [0.2, 0.25) is 0 Å². The van der Waals surface area contributed by atoms with Crippen LogP contribution in [0.15, 0.2) is 22.7 Å². The number of methoxy groups -OCH3 is 1. The van der Waals surface area contributed by atoms with Gasteiger partial charge in [-0.1, -0.05) is 57.5 Å². The minimum absolute atomic E-state index is 0.410. The third-order valence-electron chi connectivity index (χ3n) is 5.48. The summed E-state index contributed by atoms with van der Waals surface area (Å²) < 4.78 is 6.70. The van der Waals surface area contributed by atoms with E-state index in [2.05, 4.69) is 50.1 Å². The van der Waals surface area contributed by atoms with E-state index in [0.717, 1.165) is 28.0 Å². The van der Waals surface area contributed by atoms with Crippen molar-refractivity contribution in [2.45, 2.75) is 49.8 Å². The van der Waals surface area contributed by atoms with E-state index in [4.69, 9.17) is 4.74 Å². The summed E-state index contributed by atoms with van der Waals surface area (Å²) in [4.78, 5) is 0.410. The van der Waals surface area contributed by atoms with Crippen LogP contribution in [0.5, 0.6) is 5.75 Å². The molecule has 1 aromatic rings. The molecule has 0 heterocycles. The molecule has 0 bridgehead atoms. The summed E-state index contributed by atoms with van der Waals surface area (Å²) in [5, 5.41) is 0. The van der Waals surface area contributed by atoms with Crippen molar-refractivity contribution in [3.8, 4) is 5.75 Å². The van der Waals surface area contributed by atoms with Crippen LogP contribution >= 0.6 is 31.9 Å². The molecule has 0 N–H and O–H groups in total. The van der Waals surface area contributed by atoms with Crippen molar-refractivity contribution in [2.24, 2.45) is 17.8 Å². The lowest BCUT2D eigenvalue weighted by Crippen LogP contribution is -2.29. The van der Waals surface area contributed by atoms with E-state index in [1.54, 1.807) is 7.11 Å². The Morgan fingerprint density at radius 3 is 2.62 bits per heavy atom. The molecule has 2 saturated carbocycles. The van der Waals surface area contributed by atoms with Crippen molar-refractivity contribution >= 4 is 31.9 Å². The molecule has 1 aromatic carbocycles. The monoisotopic (exact) mass is 414 g/mol. The van der Waals surface area contributed by atoms with Crippen LogP contribution in [0.4, 0.5) is 0 Å². The topological polar surface area (TPSA) is 9.23 Å². The molecule has 3 heteroatoms. The van der Waals surface area contributed by atoms with Crippen molar-refractivity contribution in [2.75, 3.05) is 7.11 Å². The molecule has 4 atom stereocenters. The van der Waals surface area contributed by atoms with Gasteiger partial charge in [-0.25, -0.2) is 0 Å². The van der Waals surface area contributed by atoms with Crippen molar-refractivity contribution in [1.82, 2.24) is 0 Å². The van der Waals surface area contributed by atoms with Crippen molar-refractivity contribution < 1.29 is 4.74 Å². The summed E-state index contributed by atoms with van der Waals surface area (Å²) in [6, 6.07) is 6.34. The van der Waals surface area contributed by atoms with E-state index in [1.807, 2.05) is 0 Å². The fraction of sp³-hybridized carbons (Fsp3) is 0.667. The first-order valence-corrected chi connectivity index (χ1v) is 9.87. The number of benzene rings is 1. The molecule has 116 valence electrons. The van der Waals surface area contributed by atoms with Gasteiger partial charge in [0.05, 0.1) is 7.11 Å². The number of hydrogen-bond donors (Lipinski definition) is 0. The molecule has 3 rings (SSSR count). The van der Waals surface area contributed by atoms with Gasteiger partial charge in [0.25, 0.3) is 0 Å². The summed E-state index contributed by atoms with van der Waals surface area (Å²) >= 11 is 7.59. The highest BCUT2D eigenvalue weighted by Gasteiger charge is 2.35. The van der Waals surface area contributed by atoms with E-state index in [-0.39, 0.29) is 0 Å². The third kappa shape index (κ3) is 3.50. The molecule has 0 saturated heterocycles. The van der Waals surface area contributed by atoms with Gasteiger partial charge in [0.2, 0.25) is 0 Å². The lowest BCUT2D eigenvalue weighted by atomic mass is 9.66. The zero-order valence-electron chi connectivity index (χ0n) is 12.7. The smallest absolute Gasteiger partial charge is 0.123 e. The normalized spacial score (nSPS) is 30.5. The molecule has 21 heavy (non-hydrogen) atoms. The second-order valence-electron chi connectivity index (χ2n) is 6.67. The predicted octanol–water partition coefficient (Wildman–Crippen LogP) is 6.50. The number of alkyl halides is 1. The molecule has 0 spiro atoms. The molecule has 0 radical (unpaired) electrons. The minimum Gasteiger partial charge on any atom is -0.496 e. The number of rotatable bonds is 3. The van der Waals surface area contributed by atoms with Gasteiger partial charge in [0.1, 0.15) is 5.75 Å². The number of hydrogen-bond acceptors (Lipinski definition) is 1. The quantitative estimate of drug-likeness (QED) is 0.511. The number of halogens is 2. The first kappa shape index (κ1) is 15.9. The van der Waals surface area contributed by atoms with Gasteiger partial charge in [-0.05, 0) is 55.2 Å². The van der Waals surface area contributed by atoms with E-state index >= 15 is 0 Å². The SMILES string of the molecule is COc1ccc(Br)cc1C(Br)C1CCC2CCCCC2C1. The van der Waals surface area contributed by atoms with Crippen LogP contribution in [0.3, 0.4) is 0 Å². The molecular formula is C18H24Br2O. The van der Waals surface area contributed by atoms with Gasteiger partial charge >= 0.3 is 0 Å². The van der Waals surface area contributed by atoms with E-state index in [0.29, 0.717) is 4.83 Å². The maximum absolute atomic E-state index is 5.57. The van der Waals surface area contributed by atoms with Crippen LogP contribution in [0, 0.1) is 17.8 Å². The lowest BCUT2D eigenvalue weighted by molar-refractivity contribution is 0.129. The largest absolute Gasteiger partial charge is 0.496 e. The fourth-order valence-electron chi connectivity index (χ4n) is 4.35. The van der Waals surface area contributed by atoms with Crippen molar-refractivity contribution in [3.05, 3.63) is 28.2 Å². The highest BCUT2D eigenvalue weighted by molar-refractivity contribution is 9.10. The second kappa shape index (κ2) is 7.04. The van der Waals surface area contributed by atoms with Crippen molar-refractivity contribution in [3.63, 3.8) is 0 Å². The summed E-state index contributed by atoms with van der Waals surface area (Å²) in [6.07, 6.45) is 10.0. The molecule has 0 aromatic heterocycles. The fourth-order valence-corrected chi connectivity index (χ4v) is 5.57. The molecule has 0 aliphatic heterocycles. The Labute approximate surface area is 145 Å². The molecular weight excluding hydrogens is 392 g/mol.